The standard InChI is InChI=1S/C33H45NO8/c1-5-34-16-31(17-39-2)14-13-21(35)32-20-15-19-25(42-22(36)12-11-18-9-7-6-8-10-18)23(20)33(38,30(37)26(19)40-3)24(29(32)34)27(41-4)28(31)32/h6-12,19-21,23-30,35,37-38H,5,13-17H2,1-4H3/b12-11+/t19-,20+,21-,23+,24-,25-,26+,27-,28+,29?,30-,31-,32-,33+/m0/s1. The first-order chi connectivity index (χ1) is 20.2. The van der Waals surface area contributed by atoms with E-state index < -0.39 is 59.3 Å². The number of aliphatic hydroxyl groups excluding tert-OH is 2. The molecule has 3 N–H and O–H groups in total. The topological polar surface area (TPSA) is 118 Å². The first kappa shape index (κ1) is 28.9. The maximum Gasteiger partial charge on any atom is 0.331 e. The van der Waals surface area contributed by atoms with Crippen molar-refractivity contribution in [2.45, 2.75) is 68.3 Å². The van der Waals surface area contributed by atoms with E-state index in [1.165, 1.54) is 6.08 Å². The molecule has 7 bridgehead atoms. The SMILES string of the molecule is CCN1C[C@]2(COC)CC[C@H](O)[C@]34C1[C@H]([C@H](OC)[C@H]23)[C@]1(O)[C@H]2[C@@H](OC(=O)/C=C/c3ccccc3)[C@H](C[C@H]24)[C@@H](OC)[C@@H]1O. The zero-order valence-electron chi connectivity index (χ0n) is 25.0. The van der Waals surface area contributed by atoms with Crippen molar-refractivity contribution in [3.05, 3.63) is 42.0 Å². The summed E-state index contributed by atoms with van der Waals surface area (Å²) < 4.78 is 24.4. The van der Waals surface area contributed by atoms with Gasteiger partial charge in [-0.05, 0) is 43.4 Å². The third-order valence-corrected chi connectivity index (χ3v) is 12.6. The molecule has 6 aliphatic rings. The molecule has 1 aromatic carbocycles. The molecule has 9 heteroatoms. The largest absolute Gasteiger partial charge is 0.458 e. The molecule has 9 nitrogen and oxygen atoms in total. The van der Waals surface area contributed by atoms with Crippen LogP contribution in [0.5, 0.6) is 0 Å². The Morgan fingerprint density at radius 1 is 1.07 bits per heavy atom. The minimum Gasteiger partial charge on any atom is -0.458 e. The highest BCUT2D eigenvalue weighted by Crippen LogP contribution is 2.79. The summed E-state index contributed by atoms with van der Waals surface area (Å²) in [6, 6.07) is 9.36. The number of likely N-dealkylation sites (tertiary alicyclic amines) is 1. The highest BCUT2D eigenvalue weighted by atomic mass is 16.6. The molecule has 1 saturated heterocycles. The Morgan fingerprint density at radius 3 is 2.48 bits per heavy atom. The number of esters is 1. The van der Waals surface area contributed by atoms with Gasteiger partial charge in [0.1, 0.15) is 17.8 Å². The van der Waals surface area contributed by atoms with E-state index in [9.17, 15) is 20.1 Å². The van der Waals surface area contributed by atoms with Crippen LogP contribution in [0.4, 0.5) is 0 Å². The van der Waals surface area contributed by atoms with E-state index >= 15 is 0 Å². The maximum absolute atomic E-state index is 13.3. The van der Waals surface area contributed by atoms with Crippen molar-refractivity contribution in [1.82, 2.24) is 4.90 Å². The minimum absolute atomic E-state index is 0.0719. The summed E-state index contributed by atoms with van der Waals surface area (Å²) in [5.74, 6) is -2.15. The van der Waals surface area contributed by atoms with E-state index in [-0.39, 0.29) is 29.2 Å². The summed E-state index contributed by atoms with van der Waals surface area (Å²) in [4.78, 5) is 15.7. The maximum atomic E-state index is 13.3. The number of ether oxygens (including phenoxy) is 4. The van der Waals surface area contributed by atoms with Gasteiger partial charge < -0.3 is 34.3 Å². The Hall–Kier alpha value is -1.85. The molecule has 1 spiro atoms. The molecule has 14 atom stereocenters. The van der Waals surface area contributed by atoms with Gasteiger partial charge in [-0.2, -0.15) is 0 Å². The molecule has 6 fully saturated rings. The van der Waals surface area contributed by atoms with E-state index in [0.29, 0.717) is 19.4 Å². The van der Waals surface area contributed by atoms with Crippen molar-refractivity contribution in [2.24, 2.45) is 40.4 Å². The molecule has 1 unspecified atom stereocenters. The van der Waals surface area contributed by atoms with Crippen LogP contribution in [-0.2, 0) is 23.7 Å². The number of piperidine rings is 1. The van der Waals surface area contributed by atoms with E-state index in [4.69, 9.17) is 18.9 Å². The van der Waals surface area contributed by atoms with Gasteiger partial charge in [0.2, 0.25) is 0 Å². The number of rotatable bonds is 8. The van der Waals surface area contributed by atoms with E-state index in [2.05, 4.69) is 11.8 Å². The first-order valence-corrected chi connectivity index (χ1v) is 15.5. The average molecular weight is 584 g/mol. The fourth-order valence-corrected chi connectivity index (χ4v) is 11.8. The lowest BCUT2D eigenvalue weighted by molar-refractivity contribution is -0.298. The van der Waals surface area contributed by atoms with Gasteiger partial charge >= 0.3 is 5.97 Å². The van der Waals surface area contributed by atoms with Crippen LogP contribution in [-0.4, -0.2) is 109 Å². The molecule has 5 aliphatic carbocycles. The van der Waals surface area contributed by atoms with Crippen LogP contribution in [0.3, 0.4) is 0 Å². The molecule has 1 aliphatic heterocycles. The molecule has 0 aromatic heterocycles. The monoisotopic (exact) mass is 583 g/mol. The van der Waals surface area contributed by atoms with Gasteiger partial charge in [-0.1, -0.05) is 37.3 Å². The van der Waals surface area contributed by atoms with Crippen molar-refractivity contribution >= 4 is 12.0 Å². The molecule has 5 saturated carbocycles. The quantitative estimate of drug-likeness (QED) is 0.311. The minimum atomic E-state index is -1.64. The predicted molar refractivity (Wildman–Crippen MR) is 153 cm³/mol. The lowest BCUT2D eigenvalue weighted by Crippen LogP contribution is -2.78. The van der Waals surface area contributed by atoms with Crippen LogP contribution in [0.1, 0.15) is 31.7 Å². The number of aliphatic hydroxyl groups is 3. The van der Waals surface area contributed by atoms with Crippen molar-refractivity contribution in [2.75, 3.05) is 41.0 Å². The van der Waals surface area contributed by atoms with E-state index in [0.717, 1.165) is 25.1 Å². The highest BCUT2D eigenvalue weighted by molar-refractivity contribution is 5.87. The molecule has 7 rings (SSSR count). The second-order valence-electron chi connectivity index (χ2n) is 13.8. The number of fused-ring (bicyclic) bond motifs is 2. The second-order valence-corrected chi connectivity index (χ2v) is 13.8. The molecular weight excluding hydrogens is 538 g/mol. The Morgan fingerprint density at radius 2 is 1.81 bits per heavy atom. The van der Waals surface area contributed by atoms with Crippen LogP contribution in [0, 0.1) is 40.4 Å². The van der Waals surface area contributed by atoms with Gasteiger partial charge in [0.25, 0.3) is 0 Å². The number of methoxy groups -OCH3 is 3. The smallest absolute Gasteiger partial charge is 0.331 e. The third kappa shape index (κ3) is 3.42. The summed E-state index contributed by atoms with van der Waals surface area (Å²) in [7, 11) is 4.97. The van der Waals surface area contributed by atoms with Gasteiger partial charge in [0.15, 0.2) is 0 Å². The second kappa shape index (κ2) is 10.1. The summed E-state index contributed by atoms with van der Waals surface area (Å²) in [5, 5.41) is 37.3. The Kier molecular flexibility index (Phi) is 6.94. The van der Waals surface area contributed by atoms with Crippen molar-refractivity contribution in [1.29, 1.82) is 0 Å². The van der Waals surface area contributed by atoms with Gasteiger partial charge in [0, 0.05) is 74.5 Å². The fourth-order valence-electron chi connectivity index (χ4n) is 11.8. The van der Waals surface area contributed by atoms with Gasteiger partial charge in [0.05, 0.1) is 24.9 Å². The first-order valence-electron chi connectivity index (χ1n) is 15.5. The molecule has 0 amide bonds. The highest BCUT2D eigenvalue weighted by Gasteiger charge is 2.88. The number of hydrogen-bond acceptors (Lipinski definition) is 9. The lowest BCUT2D eigenvalue weighted by atomic mass is 9.43. The van der Waals surface area contributed by atoms with E-state index in [1.54, 1.807) is 27.4 Å². The van der Waals surface area contributed by atoms with Gasteiger partial charge in [-0.25, -0.2) is 4.79 Å². The molecule has 1 heterocycles. The average Bonchev–Trinajstić information content (AvgIpc) is 3.43. The van der Waals surface area contributed by atoms with Crippen molar-refractivity contribution in [3.8, 4) is 0 Å². The van der Waals surface area contributed by atoms with E-state index in [1.807, 2.05) is 30.3 Å². The normalized spacial score (nSPS) is 50.3. The Bertz CT molecular complexity index is 1230. The van der Waals surface area contributed by atoms with Crippen LogP contribution in [0.2, 0.25) is 0 Å². The van der Waals surface area contributed by atoms with Gasteiger partial charge in [-0.15, -0.1) is 0 Å². The molecular formula is C33H45NO8. The van der Waals surface area contributed by atoms with Crippen molar-refractivity contribution in [3.63, 3.8) is 0 Å². The zero-order chi connectivity index (χ0) is 29.6. The van der Waals surface area contributed by atoms with Gasteiger partial charge in [-0.3, -0.25) is 4.90 Å². The third-order valence-electron chi connectivity index (χ3n) is 12.6. The number of carbonyl (C=O) groups is 1. The van der Waals surface area contributed by atoms with Crippen LogP contribution >= 0.6 is 0 Å². The number of hydrogen-bond donors (Lipinski definition) is 3. The Balaban J connectivity index is 1.37. The summed E-state index contributed by atoms with van der Waals surface area (Å²) in [6.45, 7) is 4.20. The fraction of sp³-hybridized carbons (Fsp3) is 0.727. The molecule has 230 valence electrons. The lowest BCUT2D eigenvalue weighted by Gasteiger charge is -2.69. The van der Waals surface area contributed by atoms with Crippen LogP contribution in [0.25, 0.3) is 6.08 Å². The summed E-state index contributed by atoms with van der Waals surface area (Å²) in [5.41, 5.74) is -1.63. The van der Waals surface area contributed by atoms with Crippen LogP contribution < -0.4 is 0 Å². The summed E-state index contributed by atoms with van der Waals surface area (Å²) >= 11 is 0. The zero-order valence-corrected chi connectivity index (χ0v) is 25.0. The van der Waals surface area contributed by atoms with Crippen LogP contribution in [0.15, 0.2) is 36.4 Å². The molecule has 1 aromatic rings. The summed E-state index contributed by atoms with van der Waals surface area (Å²) in [6.07, 6.45) is 1.57. The molecule has 0 radical (unpaired) electrons. The van der Waals surface area contributed by atoms with Crippen molar-refractivity contribution < 1.29 is 39.1 Å². The number of benzene rings is 1. The predicted octanol–water partition coefficient (Wildman–Crippen LogP) is 1.74. The molecule has 42 heavy (non-hydrogen) atoms. The number of nitrogens with zero attached hydrogens (tertiary/aromatic N) is 1. The Labute approximate surface area is 247 Å². The number of carbonyl (C=O) groups excluding carboxylic acids is 1.